The number of hydrogen-bond donors (Lipinski definition) is 1. The van der Waals surface area contributed by atoms with Crippen LogP contribution in [0.25, 0.3) is 0 Å². The van der Waals surface area contributed by atoms with Gasteiger partial charge in [-0.3, -0.25) is 0 Å². The summed E-state index contributed by atoms with van der Waals surface area (Å²) in [5, 5.41) is 6.73. The summed E-state index contributed by atoms with van der Waals surface area (Å²) >= 11 is 3.76. The van der Waals surface area contributed by atoms with Crippen LogP contribution in [0.5, 0.6) is 0 Å². The van der Waals surface area contributed by atoms with Crippen LogP contribution in [0.15, 0.2) is 5.38 Å². The highest BCUT2D eigenvalue weighted by molar-refractivity contribution is 7.98. The third-order valence-electron chi connectivity index (χ3n) is 2.26. The summed E-state index contributed by atoms with van der Waals surface area (Å²) in [4.78, 5) is 4.66. The predicted octanol–water partition coefficient (Wildman–Crippen LogP) is 3.46. The molecule has 1 atom stereocenters. The fraction of sp³-hybridized carbons (Fsp3) is 0.727. The molecule has 0 aliphatic carbocycles. The highest BCUT2D eigenvalue weighted by Crippen LogP contribution is 2.22. The van der Waals surface area contributed by atoms with Crippen LogP contribution in [-0.4, -0.2) is 17.8 Å². The zero-order chi connectivity index (χ0) is 11.1. The van der Waals surface area contributed by atoms with Crippen molar-refractivity contribution in [1.29, 1.82) is 0 Å². The molecule has 15 heavy (non-hydrogen) atoms. The maximum atomic E-state index is 4.66. The molecular formula is C11H20N2S2. The molecule has 0 aromatic carbocycles. The second-order valence-corrected chi connectivity index (χ2v) is 5.52. The monoisotopic (exact) mass is 244 g/mol. The van der Waals surface area contributed by atoms with E-state index < -0.39 is 0 Å². The van der Waals surface area contributed by atoms with Gasteiger partial charge in [0.05, 0.1) is 5.69 Å². The molecule has 0 saturated heterocycles. The molecule has 1 unspecified atom stereocenters. The van der Waals surface area contributed by atoms with Crippen molar-refractivity contribution >= 4 is 23.1 Å². The molecule has 1 heterocycles. The molecule has 0 bridgehead atoms. The minimum atomic E-state index is 0.422. The quantitative estimate of drug-likeness (QED) is 0.744. The van der Waals surface area contributed by atoms with E-state index in [2.05, 4.69) is 29.5 Å². The van der Waals surface area contributed by atoms with E-state index >= 15 is 0 Å². The first-order valence-corrected chi connectivity index (χ1v) is 7.54. The summed E-state index contributed by atoms with van der Waals surface area (Å²) in [6, 6.07) is 0.422. The number of nitrogens with one attached hydrogen (secondary N) is 1. The third kappa shape index (κ3) is 4.13. The minimum Gasteiger partial charge on any atom is -0.312 e. The van der Waals surface area contributed by atoms with E-state index in [-0.39, 0.29) is 0 Å². The predicted molar refractivity (Wildman–Crippen MR) is 70.7 cm³/mol. The maximum Gasteiger partial charge on any atom is 0.103 e. The molecule has 1 aromatic heterocycles. The van der Waals surface area contributed by atoms with Crippen LogP contribution >= 0.6 is 23.1 Å². The summed E-state index contributed by atoms with van der Waals surface area (Å²) in [7, 11) is 2.00. The van der Waals surface area contributed by atoms with Crippen molar-refractivity contribution in [3.05, 3.63) is 16.1 Å². The molecule has 1 rings (SSSR count). The largest absolute Gasteiger partial charge is 0.312 e. The van der Waals surface area contributed by atoms with E-state index in [1.165, 1.54) is 22.9 Å². The smallest absolute Gasteiger partial charge is 0.103 e. The Balaban J connectivity index is 2.47. The van der Waals surface area contributed by atoms with E-state index in [0.29, 0.717) is 6.04 Å². The number of aromatic nitrogens is 1. The lowest BCUT2D eigenvalue weighted by Gasteiger charge is -2.09. The van der Waals surface area contributed by atoms with E-state index in [1.54, 1.807) is 11.3 Å². The van der Waals surface area contributed by atoms with Gasteiger partial charge in [-0.05, 0) is 25.6 Å². The fourth-order valence-corrected chi connectivity index (χ4v) is 3.24. The van der Waals surface area contributed by atoms with Crippen LogP contribution in [-0.2, 0) is 5.75 Å². The third-order valence-corrected chi connectivity index (χ3v) is 4.48. The molecule has 0 aliphatic rings. The molecule has 86 valence electrons. The zero-order valence-electron chi connectivity index (χ0n) is 9.75. The molecule has 1 N–H and O–H groups in total. The molecule has 2 nitrogen and oxygen atoms in total. The number of hydrogen-bond acceptors (Lipinski definition) is 4. The number of thiazole rings is 1. The average Bonchev–Trinajstić information content (AvgIpc) is 2.69. The summed E-state index contributed by atoms with van der Waals surface area (Å²) in [6.07, 6.45) is 2.35. The Kier molecular flexibility index (Phi) is 6.29. The van der Waals surface area contributed by atoms with Crippen LogP contribution in [0.1, 0.15) is 43.4 Å². The Bertz CT molecular complexity index is 269. The maximum absolute atomic E-state index is 4.66. The first kappa shape index (κ1) is 13.0. The lowest BCUT2D eigenvalue weighted by Crippen LogP contribution is -2.15. The minimum absolute atomic E-state index is 0.422. The lowest BCUT2D eigenvalue weighted by atomic mass is 10.2. The molecule has 4 heteroatoms. The van der Waals surface area contributed by atoms with Crippen LogP contribution < -0.4 is 5.32 Å². The van der Waals surface area contributed by atoms with Crippen LogP contribution in [0.4, 0.5) is 0 Å². The first-order chi connectivity index (χ1) is 7.31. The van der Waals surface area contributed by atoms with Gasteiger partial charge in [-0.2, -0.15) is 11.8 Å². The zero-order valence-corrected chi connectivity index (χ0v) is 11.4. The second kappa shape index (κ2) is 7.25. The van der Waals surface area contributed by atoms with Crippen LogP contribution in [0, 0.1) is 0 Å². The van der Waals surface area contributed by atoms with Gasteiger partial charge < -0.3 is 5.32 Å². The van der Waals surface area contributed by atoms with Gasteiger partial charge in [-0.15, -0.1) is 11.3 Å². The molecule has 0 spiro atoms. The van der Waals surface area contributed by atoms with Crippen molar-refractivity contribution in [2.24, 2.45) is 0 Å². The fourth-order valence-electron chi connectivity index (χ4n) is 1.42. The van der Waals surface area contributed by atoms with Crippen molar-refractivity contribution in [2.45, 2.75) is 38.5 Å². The molecule has 0 fully saturated rings. The number of thioether (sulfide) groups is 1. The average molecular weight is 244 g/mol. The molecule has 0 radical (unpaired) electrons. The van der Waals surface area contributed by atoms with Gasteiger partial charge in [0, 0.05) is 17.2 Å². The molecule has 1 aromatic rings. The van der Waals surface area contributed by atoms with Crippen molar-refractivity contribution < 1.29 is 0 Å². The molecule has 0 amide bonds. The summed E-state index contributed by atoms with van der Waals surface area (Å²) in [6.45, 7) is 4.40. The highest BCUT2D eigenvalue weighted by atomic mass is 32.2. The molecule has 0 saturated carbocycles. The van der Waals surface area contributed by atoms with Crippen LogP contribution in [0.2, 0.25) is 0 Å². The van der Waals surface area contributed by atoms with Gasteiger partial charge >= 0.3 is 0 Å². The second-order valence-electron chi connectivity index (χ2n) is 3.47. The molecular weight excluding hydrogens is 224 g/mol. The Morgan fingerprint density at radius 2 is 2.33 bits per heavy atom. The van der Waals surface area contributed by atoms with E-state index in [0.717, 1.165) is 12.2 Å². The van der Waals surface area contributed by atoms with Gasteiger partial charge in [0.1, 0.15) is 5.01 Å². The number of nitrogens with zero attached hydrogens (tertiary/aromatic N) is 1. The summed E-state index contributed by atoms with van der Waals surface area (Å²) in [5.74, 6) is 2.30. The Morgan fingerprint density at radius 1 is 1.53 bits per heavy atom. The van der Waals surface area contributed by atoms with Crippen molar-refractivity contribution in [2.75, 3.05) is 12.8 Å². The SMILES string of the molecule is CCCSCc1nc(C(CC)NC)cs1. The standard InChI is InChI=1S/C11H20N2S2/c1-4-6-14-8-11-13-10(7-15-11)9(5-2)12-3/h7,9,12H,4-6,8H2,1-3H3. The number of rotatable bonds is 7. The summed E-state index contributed by atoms with van der Waals surface area (Å²) in [5.41, 5.74) is 1.21. The van der Waals surface area contributed by atoms with Gasteiger partial charge in [0.15, 0.2) is 0 Å². The van der Waals surface area contributed by atoms with E-state index in [4.69, 9.17) is 0 Å². The highest BCUT2D eigenvalue weighted by Gasteiger charge is 2.10. The van der Waals surface area contributed by atoms with Gasteiger partial charge in [-0.1, -0.05) is 13.8 Å². The summed E-state index contributed by atoms with van der Waals surface area (Å²) < 4.78 is 0. The first-order valence-electron chi connectivity index (χ1n) is 5.51. The Hall–Kier alpha value is -0.0600. The molecule has 0 aliphatic heterocycles. The normalized spacial score (nSPS) is 13.0. The van der Waals surface area contributed by atoms with Gasteiger partial charge in [0.2, 0.25) is 0 Å². The van der Waals surface area contributed by atoms with Crippen molar-refractivity contribution in [3.63, 3.8) is 0 Å². The van der Waals surface area contributed by atoms with E-state index in [1.807, 2.05) is 18.8 Å². The van der Waals surface area contributed by atoms with Gasteiger partial charge in [-0.25, -0.2) is 4.98 Å². The lowest BCUT2D eigenvalue weighted by molar-refractivity contribution is 0.564. The Labute approximate surface area is 101 Å². The van der Waals surface area contributed by atoms with Crippen molar-refractivity contribution in [1.82, 2.24) is 10.3 Å². The van der Waals surface area contributed by atoms with E-state index in [9.17, 15) is 0 Å². The Morgan fingerprint density at radius 3 is 2.93 bits per heavy atom. The topological polar surface area (TPSA) is 24.9 Å². The van der Waals surface area contributed by atoms with Crippen LogP contribution in [0.3, 0.4) is 0 Å². The van der Waals surface area contributed by atoms with Gasteiger partial charge in [0.25, 0.3) is 0 Å². The van der Waals surface area contributed by atoms with Crippen molar-refractivity contribution in [3.8, 4) is 0 Å².